The molecule has 0 atom stereocenters. The molecule has 1 aliphatic rings. The SMILES string of the molecule is C=C(C)C1=CC=CCC=C1. The van der Waals surface area contributed by atoms with Gasteiger partial charge in [0.15, 0.2) is 0 Å². The van der Waals surface area contributed by atoms with Gasteiger partial charge >= 0.3 is 0 Å². The molecule has 0 bridgehead atoms. The first-order chi connectivity index (χ1) is 4.80. The van der Waals surface area contributed by atoms with Crippen molar-refractivity contribution in [3.05, 3.63) is 48.1 Å². The van der Waals surface area contributed by atoms with Crippen molar-refractivity contribution in [2.24, 2.45) is 0 Å². The number of hydrogen-bond acceptors (Lipinski definition) is 0. The van der Waals surface area contributed by atoms with Crippen molar-refractivity contribution in [1.29, 1.82) is 0 Å². The second-order valence-corrected chi connectivity index (χ2v) is 2.47. The monoisotopic (exact) mass is 132 g/mol. The fourth-order valence-corrected chi connectivity index (χ4v) is 0.864. The number of rotatable bonds is 1. The van der Waals surface area contributed by atoms with Crippen molar-refractivity contribution in [1.82, 2.24) is 0 Å². The Bertz CT molecular complexity index is 214. The molecule has 0 nitrogen and oxygen atoms in total. The van der Waals surface area contributed by atoms with E-state index in [4.69, 9.17) is 0 Å². The summed E-state index contributed by atoms with van der Waals surface area (Å²) in [4.78, 5) is 0. The molecule has 0 N–H and O–H groups in total. The Morgan fingerprint density at radius 1 is 1.50 bits per heavy atom. The summed E-state index contributed by atoms with van der Waals surface area (Å²) in [5, 5.41) is 0. The largest absolute Gasteiger partial charge is 0.0955 e. The third-order valence-electron chi connectivity index (χ3n) is 1.47. The van der Waals surface area contributed by atoms with Gasteiger partial charge in [0.2, 0.25) is 0 Å². The Balaban J connectivity index is 2.83. The second kappa shape index (κ2) is 3.21. The van der Waals surface area contributed by atoms with E-state index < -0.39 is 0 Å². The summed E-state index contributed by atoms with van der Waals surface area (Å²) in [5.74, 6) is 0. The van der Waals surface area contributed by atoms with E-state index in [0.29, 0.717) is 0 Å². The molecule has 0 spiro atoms. The van der Waals surface area contributed by atoms with Crippen LogP contribution in [-0.4, -0.2) is 0 Å². The molecule has 0 aromatic heterocycles. The summed E-state index contributed by atoms with van der Waals surface area (Å²) >= 11 is 0. The Morgan fingerprint density at radius 3 is 3.00 bits per heavy atom. The summed E-state index contributed by atoms with van der Waals surface area (Å²) in [7, 11) is 0. The first-order valence-electron chi connectivity index (χ1n) is 3.50. The minimum Gasteiger partial charge on any atom is -0.0955 e. The van der Waals surface area contributed by atoms with E-state index >= 15 is 0 Å². The molecule has 0 heterocycles. The van der Waals surface area contributed by atoms with E-state index in [0.717, 1.165) is 12.0 Å². The normalized spacial score (nSPS) is 16.3. The third kappa shape index (κ3) is 1.73. The predicted molar refractivity (Wildman–Crippen MR) is 45.8 cm³/mol. The van der Waals surface area contributed by atoms with Crippen molar-refractivity contribution in [2.45, 2.75) is 13.3 Å². The topological polar surface area (TPSA) is 0 Å². The zero-order valence-electron chi connectivity index (χ0n) is 6.30. The molecule has 0 saturated heterocycles. The lowest BCUT2D eigenvalue weighted by Crippen LogP contribution is -1.75. The van der Waals surface area contributed by atoms with Crippen molar-refractivity contribution in [2.75, 3.05) is 0 Å². The van der Waals surface area contributed by atoms with E-state index in [1.165, 1.54) is 5.57 Å². The smallest absolute Gasteiger partial charge is 0.0163 e. The maximum Gasteiger partial charge on any atom is -0.0163 e. The summed E-state index contributed by atoms with van der Waals surface area (Å²) in [6.45, 7) is 5.89. The van der Waals surface area contributed by atoms with E-state index in [1.54, 1.807) is 0 Å². The standard InChI is InChI=1S/C10H12/c1-9(2)10-7-5-3-4-6-8-10/h3,5-8H,1,4H2,2H3. The zero-order chi connectivity index (χ0) is 7.40. The van der Waals surface area contributed by atoms with Crippen LogP contribution in [0, 0.1) is 0 Å². The summed E-state index contributed by atoms with van der Waals surface area (Å²) < 4.78 is 0. The van der Waals surface area contributed by atoms with Crippen LogP contribution in [0.2, 0.25) is 0 Å². The number of hydrogen-bond donors (Lipinski definition) is 0. The highest BCUT2D eigenvalue weighted by molar-refractivity contribution is 5.40. The van der Waals surface area contributed by atoms with Gasteiger partial charge in [-0.1, -0.05) is 42.5 Å². The van der Waals surface area contributed by atoms with Crippen molar-refractivity contribution in [3.63, 3.8) is 0 Å². The average Bonchev–Trinajstić information content (AvgIpc) is 2.12. The van der Waals surface area contributed by atoms with E-state index in [9.17, 15) is 0 Å². The Kier molecular flexibility index (Phi) is 2.27. The quantitative estimate of drug-likeness (QED) is 0.514. The maximum absolute atomic E-state index is 3.87. The molecule has 0 fully saturated rings. The lowest BCUT2D eigenvalue weighted by atomic mass is 10.1. The maximum atomic E-state index is 3.87. The van der Waals surface area contributed by atoms with Crippen LogP contribution in [-0.2, 0) is 0 Å². The van der Waals surface area contributed by atoms with Gasteiger partial charge in [0.05, 0.1) is 0 Å². The van der Waals surface area contributed by atoms with Gasteiger partial charge < -0.3 is 0 Å². The van der Waals surface area contributed by atoms with Gasteiger partial charge in [0.25, 0.3) is 0 Å². The van der Waals surface area contributed by atoms with Gasteiger partial charge in [-0.2, -0.15) is 0 Å². The molecule has 0 aliphatic heterocycles. The van der Waals surface area contributed by atoms with Crippen LogP contribution in [0.25, 0.3) is 0 Å². The van der Waals surface area contributed by atoms with Gasteiger partial charge in [-0.15, -0.1) is 0 Å². The molecule has 0 radical (unpaired) electrons. The lowest BCUT2D eigenvalue weighted by Gasteiger charge is -1.95. The third-order valence-corrected chi connectivity index (χ3v) is 1.47. The molecule has 0 amide bonds. The Morgan fingerprint density at radius 2 is 2.30 bits per heavy atom. The Hall–Kier alpha value is -1.04. The van der Waals surface area contributed by atoms with Gasteiger partial charge in [0, 0.05) is 0 Å². The van der Waals surface area contributed by atoms with Crippen LogP contribution in [0.4, 0.5) is 0 Å². The van der Waals surface area contributed by atoms with Crippen LogP contribution in [0.5, 0.6) is 0 Å². The van der Waals surface area contributed by atoms with E-state index in [2.05, 4.69) is 37.0 Å². The van der Waals surface area contributed by atoms with E-state index in [1.807, 2.05) is 6.92 Å². The second-order valence-electron chi connectivity index (χ2n) is 2.47. The molecule has 0 unspecified atom stereocenters. The van der Waals surface area contributed by atoms with Crippen molar-refractivity contribution in [3.8, 4) is 0 Å². The van der Waals surface area contributed by atoms with Crippen molar-refractivity contribution >= 4 is 0 Å². The van der Waals surface area contributed by atoms with Crippen LogP contribution >= 0.6 is 0 Å². The highest BCUT2D eigenvalue weighted by Crippen LogP contribution is 2.11. The van der Waals surface area contributed by atoms with Gasteiger partial charge in [-0.3, -0.25) is 0 Å². The molecule has 1 aliphatic carbocycles. The summed E-state index contributed by atoms with van der Waals surface area (Å²) in [6.07, 6.45) is 11.6. The first kappa shape index (κ1) is 7.07. The molecular formula is C10H12. The predicted octanol–water partition coefficient (Wildman–Crippen LogP) is 3.01. The fourth-order valence-electron chi connectivity index (χ4n) is 0.864. The molecule has 0 saturated carbocycles. The number of allylic oxidation sites excluding steroid dienone is 7. The Labute approximate surface area is 62.3 Å². The first-order valence-corrected chi connectivity index (χ1v) is 3.50. The molecule has 10 heavy (non-hydrogen) atoms. The summed E-state index contributed by atoms with van der Waals surface area (Å²) in [6, 6.07) is 0. The zero-order valence-corrected chi connectivity index (χ0v) is 6.30. The van der Waals surface area contributed by atoms with Crippen molar-refractivity contribution < 1.29 is 0 Å². The molecule has 0 heteroatoms. The van der Waals surface area contributed by atoms with Crippen LogP contribution in [0.3, 0.4) is 0 Å². The van der Waals surface area contributed by atoms with Gasteiger partial charge in [-0.25, -0.2) is 0 Å². The molecule has 0 aromatic rings. The molecule has 52 valence electrons. The molecule has 1 rings (SSSR count). The van der Waals surface area contributed by atoms with E-state index in [-0.39, 0.29) is 0 Å². The molecular weight excluding hydrogens is 120 g/mol. The minimum atomic E-state index is 1.04. The van der Waals surface area contributed by atoms with Gasteiger partial charge in [0.1, 0.15) is 0 Å². The average molecular weight is 132 g/mol. The summed E-state index contributed by atoms with van der Waals surface area (Å²) in [5.41, 5.74) is 2.36. The lowest BCUT2D eigenvalue weighted by molar-refractivity contribution is 1.39. The highest BCUT2D eigenvalue weighted by Gasteiger charge is 1.91. The fraction of sp³-hybridized carbons (Fsp3) is 0.200. The van der Waals surface area contributed by atoms with Crippen LogP contribution in [0.1, 0.15) is 13.3 Å². The van der Waals surface area contributed by atoms with Crippen LogP contribution < -0.4 is 0 Å². The minimum absolute atomic E-state index is 1.04. The highest BCUT2D eigenvalue weighted by atomic mass is 14.0. The molecule has 0 aromatic carbocycles. The van der Waals surface area contributed by atoms with Gasteiger partial charge in [-0.05, 0) is 18.9 Å². The van der Waals surface area contributed by atoms with Crippen LogP contribution in [0.15, 0.2) is 48.1 Å².